The number of rotatable bonds is 11. The number of hydrogen-bond acceptors (Lipinski definition) is 6. The number of aryl methyl sites for hydroxylation is 1. The first-order chi connectivity index (χ1) is 11.5. The zero-order valence-electron chi connectivity index (χ0n) is 14.5. The van der Waals surface area contributed by atoms with Gasteiger partial charge in [-0.3, -0.25) is 19.4 Å². The number of aromatic nitrogens is 1. The molecule has 1 rings (SSSR count). The zero-order chi connectivity index (χ0) is 17.9. The topological polar surface area (TPSA) is 82.6 Å². The van der Waals surface area contributed by atoms with Gasteiger partial charge < -0.3 is 9.47 Å². The Morgan fingerprint density at radius 1 is 1.21 bits per heavy atom. The smallest absolute Gasteiger partial charge is 0.305 e. The van der Waals surface area contributed by atoms with Crippen LogP contribution in [0.4, 0.5) is 0 Å². The maximum atomic E-state index is 12.6. The van der Waals surface area contributed by atoms with Gasteiger partial charge in [0.25, 0.3) is 0 Å². The number of Topliss-reactive ketones (excluding diaryl/α,β-unsaturated/α-hetero) is 2. The molecule has 0 saturated heterocycles. The summed E-state index contributed by atoms with van der Waals surface area (Å²) in [7, 11) is 1.43. The normalized spacial score (nSPS) is 11.8. The maximum absolute atomic E-state index is 12.6. The number of hydrogen-bond donors (Lipinski definition) is 0. The Morgan fingerprint density at radius 2 is 1.96 bits per heavy atom. The molecule has 0 spiro atoms. The van der Waals surface area contributed by atoms with Gasteiger partial charge in [-0.1, -0.05) is 6.42 Å². The predicted molar refractivity (Wildman–Crippen MR) is 88.8 cm³/mol. The van der Waals surface area contributed by atoms with Gasteiger partial charge in [0, 0.05) is 31.5 Å². The summed E-state index contributed by atoms with van der Waals surface area (Å²) in [6.45, 7) is 3.85. The van der Waals surface area contributed by atoms with Crippen molar-refractivity contribution in [1.29, 1.82) is 0 Å². The van der Waals surface area contributed by atoms with Gasteiger partial charge in [0.05, 0.1) is 12.5 Å². The van der Waals surface area contributed by atoms with E-state index in [2.05, 4.69) is 4.98 Å². The third kappa shape index (κ3) is 6.58. The molecule has 0 aliphatic rings. The number of methoxy groups -OCH3 is 1. The number of ether oxygens (including phenoxy) is 2. The van der Waals surface area contributed by atoms with Crippen molar-refractivity contribution in [2.24, 2.45) is 5.92 Å². The molecule has 1 aromatic heterocycles. The molecule has 0 amide bonds. The number of nitrogens with zero attached hydrogens (tertiary/aromatic N) is 1. The average molecular weight is 335 g/mol. The summed E-state index contributed by atoms with van der Waals surface area (Å²) >= 11 is 0. The van der Waals surface area contributed by atoms with Crippen LogP contribution in [0, 0.1) is 12.8 Å². The van der Waals surface area contributed by atoms with Crippen molar-refractivity contribution >= 4 is 17.5 Å². The maximum Gasteiger partial charge on any atom is 0.305 e. The Kier molecular flexibility index (Phi) is 8.86. The molecule has 0 aliphatic heterocycles. The van der Waals surface area contributed by atoms with Crippen molar-refractivity contribution in [1.82, 2.24) is 4.98 Å². The largest absolute Gasteiger partial charge is 0.466 e. The second kappa shape index (κ2) is 10.6. The van der Waals surface area contributed by atoms with Crippen LogP contribution in [0.2, 0.25) is 0 Å². The fourth-order valence-corrected chi connectivity index (χ4v) is 2.42. The molecule has 0 saturated carbocycles. The minimum atomic E-state index is -0.768. The third-order valence-electron chi connectivity index (χ3n) is 3.58. The number of ketones is 2. The molecule has 0 fully saturated rings. The Hall–Kier alpha value is -2.08. The Morgan fingerprint density at radius 3 is 2.58 bits per heavy atom. The van der Waals surface area contributed by atoms with Gasteiger partial charge in [-0.15, -0.1) is 0 Å². The minimum absolute atomic E-state index is 0.104. The summed E-state index contributed by atoms with van der Waals surface area (Å²) < 4.78 is 9.74. The molecular weight excluding hydrogens is 310 g/mol. The summed E-state index contributed by atoms with van der Waals surface area (Å²) in [6, 6.07) is 1.72. The predicted octanol–water partition coefficient (Wildman–Crippen LogP) is 2.53. The van der Waals surface area contributed by atoms with Gasteiger partial charge in [0.15, 0.2) is 11.6 Å². The summed E-state index contributed by atoms with van der Waals surface area (Å²) in [4.78, 5) is 40.2. The molecular formula is C18H25NO5. The van der Waals surface area contributed by atoms with Gasteiger partial charge in [-0.2, -0.15) is 0 Å². The van der Waals surface area contributed by atoms with E-state index >= 15 is 0 Å². The molecule has 0 radical (unpaired) electrons. The lowest BCUT2D eigenvalue weighted by Gasteiger charge is -2.14. The van der Waals surface area contributed by atoms with Crippen molar-refractivity contribution in [3.63, 3.8) is 0 Å². The van der Waals surface area contributed by atoms with Crippen LogP contribution in [-0.2, 0) is 19.1 Å². The lowest BCUT2D eigenvalue weighted by Crippen LogP contribution is -2.27. The van der Waals surface area contributed by atoms with Crippen LogP contribution in [0.3, 0.4) is 0 Å². The molecule has 1 atom stereocenters. The summed E-state index contributed by atoms with van der Waals surface area (Å²) in [5.41, 5.74) is 1.29. The highest BCUT2D eigenvalue weighted by Crippen LogP contribution is 2.18. The number of esters is 1. The first kappa shape index (κ1) is 20.0. The van der Waals surface area contributed by atoms with E-state index in [0.29, 0.717) is 37.9 Å². The minimum Gasteiger partial charge on any atom is -0.466 e. The van der Waals surface area contributed by atoms with E-state index in [4.69, 9.17) is 9.47 Å². The standard InChI is InChI=1S/C18H25NO5/c1-4-24-17(21)8-6-5-7-15(16(20)12-23-3)18(22)14-9-13(2)10-19-11-14/h9-11,15H,4-8,12H2,1-3H3. The van der Waals surface area contributed by atoms with E-state index in [1.165, 1.54) is 13.3 Å². The Labute approximate surface area is 142 Å². The molecule has 6 nitrogen and oxygen atoms in total. The highest BCUT2D eigenvalue weighted by molar-refractivity contribution is 6.10. The fourth-order valence-electron chi connectivity index (χ4n) is 2.42. The van der Waals surface area contributed by atoms with Crippen LogP contribution in [0.25, 0.3) is 0 Å². The van der Waals surface area contributed by atoms with Crippen molar-refractivity contribution in [3.05, 3.63) is 29.6 Å². The first-order valence-corrected chi connectivity index (χ1v) is 8.12. The lowest BCUT2D eigenvalue weighted by molar-refractivity contribution is -0.143. The van der Waals surface area contributed by atoms with Gasteiger partial charge in [-0.25, -0.2) is 0 Å². The molecule has 0 aromatic carbocycles. The molecule has 0 aliphatic carbocycles. The molecule has 0 N–H and O–H groups in total. The quantitative estimate of drug-likeness (QED) is 0.267. The van der Waals surface area contributed by atoms with Gasteiger partial charge >= 0.3 is 5.97 Å². The number of carbonyl (C=O) groups is 3. The molecule has 1 aromatic rings. The molecule has 1 unspecified atom stereocenters. The summed E-state index contributed by atoms with van der Waals surface area (Å²) in [5, 5.41) is 0. The second-order valence-corrected chi connectivity index (χ2v) is 5.62. The molecule has 1 heterocycles. The van der Waals surface area contributed by atoms with Crippen molar-refractivity contribution < 1.29 is 23.9 Å². The van der Waals surface area contributed by atoms with Crippen LogP contribution >= 0.6 is 0 Å². The van der Waals surface area contributed by atoms with Crippen molar-refractivity contribution in [2.75, 3.05) is 20.3 Å². The van der Waals surface area contributed by atoms with E-state index in [-0.39, 0.29) is 24.1 Å². The van der Waals surface area contributed by atoms with Crippen LogP contribution in [-0.4, -0.2) is 42.8 Å². The number of pyridine rings is 1. The van der Waals surface area contributed by atoms with Crippen molar-refractivity contribution in [2.45, 2.75) is 39.5 Å². The van der Waals surface area contributed by atoms with Crippen LogP contribution in [0.5, 0.6) is 0 Å². The summed E-state index contributed by atoms with van der Waals surface area (Å²) in [5.74, 6) is -1.52. The van der Waals surface area contributed by atoms with Gasteiger partial charge in [0.2, 0.25) is 0 Å². The highest BCUT2D eigenvalue weighted by Gasteiger charge is 2.27. The first-order valence-electron chi connectivity index (χ1n) is 8.12. The average Bonchev–Trinajstić information content (AvgIpc) is 2.54. The van der Waals surface area contributed by atoms with E-state index in [9.17, 15) is 14.4 Å². The molecule has 24 heavy (non-hydrogen) atoms. The number of carbonyl (C=O) groups excluding carboxylic acids is 3. The fraction of sp³-hybridized carbons (Fsp3) is 0.556. The van der Waals surface area contributed by atoms with E-state index < -0.39 is 5.92 Å². The van der Waals surface area contributed by atoms with Crippen molar-refractivity contribution in [3.8, 4) is 0 Å². The van der Waals surface area contributed by atoms with E-state index in [1.54, 1.807) is 19.2 Å². The monoisotopic (exact) mass is 335 g/mol. The Bertz CT molecular complexity index is 570. The third-order valence-corrected chi connectivity index (χ3v) is 3.58. The summed E-state index contributed by atoms with van der Waals surface area (Å²) in [6.07, 6.45) is 4.97. The van der Waals surface area contributed by atoms with Crippen LogP contribution in [0.1, 0.15) is 48.5 Å². The second-order valence-electron chi connectivity index (χ2n) is 5.62. The van der Waals surface area contributed by atoms with E-state index in [1.807, 2.05) is 6.92 Å². The van der Waals surface area contributed by atoms with Crippen LogP contribution < -0.4 is 0 Å². The van der Waals surface area contributed by atoms with E-state index in [0.717, 1.165) is 5.56 Å². The molecule has 0 bridgehead atoms. The van der Waals surface area contributed by atoms with Crippen LogP contribution in [0.15, 0.2) is 18.5 Å². The molecule has 132 valence electrons. The van der Waals surface area contributed by atoms with Gasteiger partial charge in [0.1, 0.15) is 6.61 Å². The number of unbranched alkanes of at least 4 members (excludes halogenated alkanes) is 1. The molecule has 6 heteroatoms. The zero-order valence-corrected chi connectivity index (χ0v) is 14.5. The lowest BCUT2D eigenvalue weighted by atomic mass is 9.89. The highest BCUT2D eigenvalue weighted by atomic mass is 16.5. The Balaban J connectivity index is 2.69. The SMILES string of the molecule is CCOC(=O)CCCCC(C(=O)COC)C(=O)c1cncc(C)c1. The van der Waals surface area contributed by atoms with Gasteiger partial charge in [-0.05, 0) is 38.3 Å².